The van der Waals surface area contributed by atoms with E-state index in [1.165, 1.54) is 0 Å². The summed E-state index contributed by atoms with van der Waals surface area (Å²) in [5.41, 5.74) is 5.45. The van der Waals surface area contributed by atoms with E-state index in [2.05, 4.69) is 34.3 Å². The van der Waals surface area contributed by atoms with E-state index in [1.54, 1.807) is 19.2 Å². The quantitative estimate of drug-likeness (QED) is 0.243. The summed E-state index contributed by atoms with van der Waals surface area (Å²) in [5, 5.41) is 6.13. The Balaban J connectivity index is 1.28. The van der Waals surface area contributed by atoms with Crippen LogP contribution in [0.15, 0.2) is 89.7 Å². The van der Waals surface area contributed by atoms with Crippen LogP contribution in [0.2, 0.25) is 0 Å². The van der Waals surface area contributed by atoms with E-state index < -0.39 is 0 Å². The van der Waals surface area contributed by atoms with Gasteiger partial charge in [-0.05, 0) is 80.8 Å². The molecule has 238 valence electrons. The molecule has 2 amide bonds. The number of amides is 2. The number of carbonyl (C=O) groups excluding carboxylic acids is 2. The molecule has 2 unspecified atom stereocenters. The van der Waals surface area contributed by atoms with Crippen molar-refractivity contribution in [2.45, 2.75) is 39.3 Å². The number of anilines is 3. The Hall–Kier alpha value is -5.05. The number of hydrogen-bond donors (Lipinski definition) is 2. The minimum Gasteiger partial charge on any atom is -0.496 e. The van der Waals surface area contributed by atoms with Crippen molar-refractivity contribution in [1.29, 1.82) is 0 Å². The molecular formula is C37H41N5O4. The van der Waals surface area contributed by atoms with Crippen LogP contribution in [0.25, 0.3) is 0 Å². The summed E-state index contributed by atoms with van der Waals surface area (Å²) in [6.45, 7) is 8.42. The van der Waals surface area contributed by atoms with Crippen LogP contribution in [0.4, 0.5) is 17.1 Å². The zero-order valence-corrected chi connectivity index (χ0v) is 26.7. The van der Waals surface area contributed by atoms with Gasteiger partial charge in [-0.15, -0.1) is 0 Å². The summed E-state index contributed by atoms with van der Waals surface area (Å²) in [4.78, 5) is 44.1. The topological polar surface area (TPSA) is 95.9 Å². The van der Waals surface area contributed by atoms with Gasteiger partial charge in [-0.3, -0.25) is 14.4 Å². The van der Waals surface area contributed by atoms with Gasteiger partial charge in [0.15, 0.2) is 0 Å². The van der Waals surface area contributed by atoms with Gasteiger partial charge in [0.2, 0.25) is 0 Å². The Morgan fingerprint density at radius 1 is 0.870 bits per heavy atom. The third-order valence-electron chi connectivity index (χ3n) is 9.22. The number of pyridine rings is 1. The second-order valence-electron chi connectivity index (χ2n) is 12.0. The number of rotatable bonds is 10. The Labute approximate surface area is 269 Å². The first-order valence-electron chi connectivity index (χ1n) is 16.0. The van der Waals surface area contributed by atoms with Crippen LogP contribution < -0.4 is 30.7 Å². The van der Waals surface area contributed by atoms with E-state index in [0.717, 1.165) is 48.7 Å². The van der Waals surface area contributed by atoms with Gasteiger partial charge in [-0.25, -0.2) is 0 Å². The van der Waals surface area contributed by atoms with E-state index in [0.29, 0.717) is 48.1 Å². The molecule has 0 aliphatic carbocycles. The first-order valence-corrected chi connectivity index (χ1v) is 16.0. The van der Waals surface area contributed by atoms with Crippen LogP contribution in [0.3, 0.4) is 0 Å². The molecule has 9 nitrogen and oxygen atoms in total. The highest BCUT2D eigenvalue weighted by molar-refractivity contribution is 6.07. The Morgan fingerprint density at radius 2 is 1.63 bits per heavy atom. The van der Waals surface area contributed by atoms with Crippen molar-refractivity contribution in [3.05, 3.63) is 118 Å². The lowest BCUT2D eigenvalue weighted by Gasteiger charge is -2.44. The van der Waals surface area contributed by atoms with Gasteiger partial charge >= 0.3 is 0 Å². The summed E-state index contributed by atoms with van der Waals surface area (Å²) in [7, 11) is 1.61. The normalized spacial score (nSPS) is 16.7. The molecule has 4 aromatic rings. The fourth-order valence-electron chi connectivity index (χ4n) is 6.88. The highest BCUT2D eigenvalue weighted by Gasteiger charge is 2.35. The molecule has 0 saturated carbocycles. The Kier molecular flexibility index (Phi) is 9.10. The highest BCUT2D eigenvalue weighted by atomic mass is 16.5. The molecule has 2 N–H and O–H groups in total. The van der Waals surface area contributed by atoms with Gasteiger partial charge in [0.1, 0.15) is 5.75 Å². The van der Waals surface area contributed by atoms with Crippen molar-refractivity contribution in [2.24, 2.45) is 5.92 Å². The van der Waals surface area contributed by atoms with Crippen LogP contribution in [-0.2, 0) is 13.1 Å². The van der Waals surface area contributed by atoms with Gasteiger partial charge < -0.3 is 29.7 Å². The highest BCUT2D eigenvalue weighted by Crippen LogP contribution is 2.39. The summed E-state index contributed by atoms with van der Waals surface area (Å²) in [6, 6.07) is 26.2. The van der Waals surface area contributed by atoms with E-state index in [-0.39, 0.29) is 23.3 Å². The molecule has 3 heterocycles. The molecule has 2 aliphatic rings. The largest absolute Gasteiger partial charge is 0.496 e. The molecule has 1 fully saturated rings. The first kappa shape index (κ1) is 31.0. The number of nitrogens with one attached hydrogen (secondary N) is 2. The van der Waals surface area contributed by atoms with Gasteiger partial charge in [0.25, 0.3) is 17.4 Å². The molecule has 2 bridgehead atoms. The van der Waals surface area contributed by atoms with Crippen LogP contribution in [-0.4, -0.2) is 49.7 Å². The van der Waals surface area contributed by atoms with Crippen molar-refractivity contribution in [3.8, 4) is 5.75 Å². The maximum absolute atomic E-state index is 13.6. The summed E-state index contributed by atoms with van der Waals surface area (Å²) < 4.78 is 7.35. The number of methoxy groups -OCH3 is 1. The van der Waals surface area contributed by atoms with E-state index in [1.807, 2.05) is 77.4 Å². The fourth-order valence-corrected chi connectivity index (χ4v) is 6.88. The van der Waals surface area contributed by atoms with Gasteiger partial charge in [0, 0.05) is 79.3 Å². The zero-order valence-electron chi connectivity index (χ0n) is 26.7. The smallest absolute Gasteiger partial charge is 0.255 e. The maximum atomic E-state index is 13.6. The van der Waals surface area contributed by atoms with Crippen molar-refractivity contribution in [2.75, 3.05) is 48.4 Å². The molecule has 1 aromatic heterocycles. The fraction of sp³-hybridized carbons (Fsp3) is 0.324. The molecule has 2 atom stereocenters. The van der Waals surface area contributed by atoms with Gasteiger partial charge in [-0.2, -0.15) is 0 Å². The van der Waals surface area contributed by atoms with Gasteiger partial charge in [-0.1, -0.05) is 24.3 Å². The van der Waals surface area contributed by atoms with Crippen molar-refractivity contribution in [1.82, 2.24) is 9.88 Å². The number of nitrogens with zero attached hydrogens (tertiary/aromatic N) is 3. The zero-order chi connectivity index (χ0) is 32.2. The van der Waals surface area contributed by atoms with Crippen molar-refractivity contribution < 1.29 is 14.3 Å². The molecule has 46 heavy (non-hydrogen) atoms. The molecule has 0 spiro atoms. The molecule has 3 aromatic carbocycles. The Morgan fingerprint density at radius 3 is 2.39 bits per heavy atom. The second-order valence-corrected chi connectivity index (χ2v) is 12.0. The lowest BCUT2D eigenvalue weighted by Crippen LogP contribution is -2.47. The van der Waals surface area contributed by atoms with Gasteiger partial charge in [0.05, 0.1) is 18.5 Å². The van der Waals surface area contributed by atoms with Crippen molar-refractivity contribution in [3.63, 3.8) is 0 Å². The monoisotopic (exact) mass is 619 g/mol. The third kappa shape index (κ3) is 6.36. The lowest BCUT2D eigenvalue weighted by molar-refractivity contribution is 0.0949. The molecule has 1 saturated heterocycles. The predicted octanol–water partition coefficient (Wildman–Crippen LogP) is 5.51. The summed E-state index contributed by atoms with van der Waals surface area (Å²) in [6.07, 6.45) is 1.02. The van der Waals surface area contributed by atoms with Crippen molar-refractivity contribution >= 4 is 28.9 Å². The van der Waals surface area contributed by atoms with Crippen LogP contribution >= 0.6 is 0 Å². The van der Waals surface area contributed by atoms with E-state index in [4.69, 9.17) is 4.74 Å². The number of hydrogen-bond acceptors (Lipinski definition) is 6. The number of fused-ring (bicyclic) bond motifs is 4. The average molecular weight is 620 g/mol. The van der Waals surface area contributed by atoms with E-state index >= 15 is 0 Å². The third-order valence-corrected chi connectivity index (χ3v) is 9.22. The minimum absolute atomic E-state index is 0.0455. The van der Waals surface area contributed by atoms with Crippen LogP contribution in [0.1, 0.15) is 58.2 Å². The molecule has 6 rings (SSSR count). The number of ether oxygens (including phenoxy) is 1. The first-order chi connectivity index (χ1) is 22.4. The molecule has 9 heteroatoms. The van der Waals surface area contributed by atoms with Crippen LogP contribution in [0.5, 0.6) is 5.75 Å². The second kappa shape index (κ2) is 13.5. The Bertz CT molecular complexity index is 1780. The summed E-state index contributed by atoms with van der Waals surface area (Å²) >= 11 is 0. The molecular weight excluding hydrogens is 578 g/mol. The maximum Gasteiger partial charge on any atom is 0.255 e. The van der Waals surface area contributed by atoms with Crippen LogP contribution in [0, 0.1) is 5.92 Å². The minimum atomic E-state index is -0.250. The SMILES string of the molecule is CCN(CC)c1ccc(C(=O)Nc2cc(C(=O)NCc3ccccc3OC)ccc2N2CC3CC(C2)c2cccc(=O)n2C3)cc1. The van der Waals surface area contributed by atoms with E-state index in [9.17, 15) is 14.4 Å². The number of benzene rings is 3. The summed E-state index contributed by atoms with van der Waals surface area (Å²) in [5.74, 6) is 0.707. The molecule has 0 radical (unpaired) electrons. The lowest BCUT2D eigenvalue weighted by atomic mass is 9.83. The number of piperidine rings is 1. The molecule has 2 aliphatic heterocycles. The number of aromatic nitrogens is 1. The standard InChI is InChI=1S/C37H41N5O4/c1-4-40(5-2)30-16-13-26(14-17-30)37(45)39-31-20-27(36(44)38-21-28-9-6-7-11-34(28)46-3)15-18-33(31)41-22-25-19-29(24-41)32-10-8-12-35(43)42(32)23-25/h6-18,20,25,29H,4-5,19,21-24H2,1-3H3,(H,38,44)(H,39,45). The predicted molar refractivity (Wildman–Crippen MR) is 182 cm³/mol. The average Bonchev–Trinajstić information content (AvgIpc) is 3.08. The number of carbonyl (C=O) groups is 2. The number of para-hydroxylation sites is 1.